The van der Waals surface area contributed by atoms with E-state index < -0.39 is 5.25 Å². The topological polar surface area (TPSA) is 81.1 Å². The van der Waals surface area contributed by atoms with Crippen molar-refractivity contribution in [2.24, 2.45) is 0 Å². The van der Waals surface area contributed by atoms with Gasteiger partial charge in [0.05, 0.1) is 12.6 Å². The van der Waals surface area contributed by atoms with Gasteiger partial charge < -0.3 is 15.5 Å². The second-order valence-corrected chi connectivity index (χ2v) is 9.55. The van der Waals surface area contributed by atoms with Gasteiger partial charge >= 0.3 is 0 Å². The van der Waals surface area contributed by atoms with Crippen LogP contribution in [0, 0.1) is 13.8 Å². The van der Waals surface area contributed by atoms with E-state index in [4.69, 9.17) is 4.74 Å². The quantitative estimate of drug-likeness (QED) is 0.383. The third-order valence-electron chi connectivity index (χ3n) is 6.05. The van der Waals surface area contributed by atoms with Gasteiger partial charge in [-0.05, 0) is 61.7 Å². The minimum atomic E-state index is -0.463. The van der Waals surface area contributed by atoms with E-state index in [0.717, 1.165) is 28.1 Å². The summed E-state index contributed by atoms with van der Waals surface area (Å²) < 4.78 is 7.49. The minimum Gasteiger partial charge on any atom is -0.494 e. The van der Waals surface area contributed by atoms with Crippen LogP contribution < -0.4 is 15.5 Å². The fourth-order valence-electron chi connectivity index (χ4n) is 4.05. The smallest absolute Gasteiger partial charge is 0.240 e. The number of nitrogens with zero attached hydrogens (tertiary/aromatic N) is 3. The summed E-state index contributed by atoms with van der Waals surface area (Å²) >= 11 is 1.41. The summed E-state index contributed by atoms with van der Waals surface area (Å²) in [5, 5.41) is 12.1. The van der Waals surface area contributed by atoms with Gasteiger partial charge in [0.2, 0.25) is 11.1 Å². The van der Waals surface area contributed by atoms with Crippen LogP contribution in [-0.2, 0) is 4.79 Å². The first-order chi connectivity index (χ1) is 17.0. The first kappa shape index (κ1) is 23.0. The van der Waals surface area contributed by atoms with Gasteiger partial charge in [0.25, 0.3) is 0 Å². The molecule has 8 heteroatoms. The molecule has 178 valence electrons. The number of rotatable bonds is 6. The average molecular weight is 486 g/mol. The van der Waals surface area contributed by atoms with E-state index in [0.29, 0.717) is 17.6 Å². The van der Waals surface area contributed by atoms with Gasteiger partial charge in [0.15, 0.2) is 5.82 Å². The molecule has 1 aliphatic rings. The summed E-state index contributed by atoms with van der Waals surface area (Å²) in [5.74, 6) is 1.41. The zero-order chi connectivity index (χ0) is 24.4. The maximum absolute atomic E-state index is 13.5. The summed E-state index contributed by atoms with van der Waals surface area (Å²) in [4.78, 5) is 13.5. The summed E-state index contributed by atoms with van der Waals surface area (Å²) in [6.45, 7) is 6.65. The summed E-state index contributed by atoms with van der Waals surface area (Å²) in [5.41, 5.74) is 8.53. The van der Waals surface area contributed by atoms with Crippen molar-refractivity contribution in [3.8, 4) is 17.1 Å². The van der Waals surface area contributed by atoms with Crippen LogP contribution in [0.15, 0.2) is 78.0 Å². The molecule has 4 aromatic rings. The molecule has 0 spiro atoms. The number of carbonyl (C=O) groups excluding carboxylic acids is 1. The van der Waals surface area contributed by atoms with Gasteiger partial charge in [-0.1, -0.05) is 60.3 Å². The summed E-state index contributed by atoms with van der Waals surface area (Å²) in [6.07, 6.45) is 0. The van der Waals surface area contributed by atoms with Crippen LogP contribution in [0.3, 0.4) is 0 Å². The second kappa shape index (κ2) is 9.84. The fourth-order valence-corrected chi connectivity index (χ4v) is 5.13. The number of benzene rings is 3. The number of nitrogens with one attached hydrogen (secondary N) is 2. The Balaban J connectivity index is 1.49. The molecule has 0 aliphatic carbocycles. The van der Waals surface area contributed by atoms with Gasteiger partial charge in [-0.3, -0.25) is 4.79 Å². The van der Waals surface area contributed by atoms with Crippen LogP contribution in [0.5, 0.6) is 5.75 Å². The third kappa shape index (κ3) is 4.74. The van der Waals surface area contributed by atoms with Crippen molar-refractivity contribution in [2.75, 3.05) is 17.3 Å². The highest BCUT2D eigenvalue weighted by molar-refractivity contribution is 8.00. The Labute approximate surface area is 208 Å². The number of hydrogen-bond acceptors (Lipinski definition) is 6. The highest BCUT2D eigenvalue weighted by atomic mass is 32.2. The SMILES string of the molecule is CCOc1ccc([C@H]2Nn3c(nnc3-c3ccccc3)S[C@@H]2C(=O)Nc2ccc(C)c(C)c2)cc1. The van der Waals surface area contributed by atoms with Crippen molar-refractivity contribution >= 4 is 23.4 Å². The molecule has 1 aliphatic heterocycles. The molecule has 0 fully saturated rings. The maximum atomic E-state index is 13.5. The van der Waals surface area contributed by atoms with Gasteiger partial charge in [-0.25, -0.2) is 4.68 Å². The second-order valence-electron chi connectivity index (χ2n) is 8.44. The molecule has 1 aromatic heterocycles. The lowest BCUT2D eigenvalue weighted by atomic mass is 10.0. The van der Waals surface area contributed by atoms with Crippen molar-refractivity contribution in [1.82, 2.24) is 14.9 Å². The molecule has 35 heavy (non-hydrogen) atoms. The first-order valence-electron chi connectivity index (χ1n) is 11.6. The van der Waals surface area contributed by atoms with E-state index in [9.17, 15) is 4.79 Å². The zero-order valence-electron chi connectivity index (χ0n) is 19.9. The number of thioether (sulfide) groups is 1. The Kier molecular flexibility index (Phi) is 6.46. The summed E-state index contributed by atoms with van der Waals surface area (Å²) in [6, 6.07) is 23.4. The van der Waals surface area contributed by atoms with E-state index in [1.54, 1.807) is 0 Å². The molecule has 0 bridgehead atoms. The van der Waals surface area contributed by atoms with E-state index in [-0.39, 0.29) is 11.9 Å². The Morgan fingerprint density at radius 2 is 1.80 bits per heavy atom. The van der Waals surface area contributed by atoms with E-state index >= 15 is 0 Å². The fraction of sp³-hybridized carbons (Fsp3) is 0.222. The first-order valence-corrected chi connectivity index (χ1v) is 12.5. The lowest BCUT2D eigenvalue weighted by Gasteiger charge is -2.33. The molecule has 1 amide bonds. The van der Waals surface area contributed by atoms with Crippen LogP contribution in [0.25, 0.3) is 11.4 Å². The number of aryl methyl sites for hydroxylation is 2. The number of hydrogen-bond donors (Lipinski definition) is 2. The Morgan fingerprint density at radius 1 is 1.03 bits per heavy atom. The molecule has 5 rings (SSSR count). The maximum Gasteiger partial charge on any atom is 0.240 e. The van der Waals surface area contributed by atoms with Crippen LogP contribution in [-0.4, -0.2) is 32.6 Å². The van der Waals surface area contributed by atoms with Gasteiger partial charge in [0.1, 0.15) is 11.0 Å². The minimum absolute atomic E-state index is 0.0971. The molecule has 0 saturated heterocycles. The summed E-state index contributed by atoms with van der Waals surface area (Å²) in [7, 11) is 0. The van der Waals surface area contributed by atoms with Crippen molar-refractivity contribution in [3.63, 3.8) is 0 Å². The number of ether oxygens (including phenoxy) is 1. The largest absolute Gasteiger partial charge is 0.494 e. The molecule has 7 nitrogen and oxygen atoms in total. The van der Waals surface area contributed by atoms with Crippen LogP contribution in [0.2, 0.25) is 0 Å². The van der Waals surface area contributed by atoms with Crippen molar-refractivity contribution in [2.45, 2.75) is 37.2 Å². The Bertz CT molecular complexity index is 1340. The monoisotopic (exact) mass is 485 g/mol. The van der Waals surface area contributed by atoms with Crippen molar-refractivity contribution in [1.29, 1.82) is 0 Å². The number of carbonyl (C=O) groups is 1. The highest BCUT2D eigenvalue weighted by Crippen LogP contribution is 2.39. The highest BCUT2D eigenvalue weighted by Gasteiger charge is 2.38. The van der Waals surface area contributed by atoms with E-state index in [1.807, 2.05) is 91.3 Å². The lowest BCUT2D eigenvalue weighted by molar-refractivity contribution is -0.116. The average Bonchev–Trinajstić information content (AvgIpc) is 3.30. The van der Waals surface area contributed by atoms with Gasteiger partial charge in [-0.2, -0.15) is 0 Å². The predicted octanol–water partition coefficient (Wildman–Crippen LogP) is 5.36. The molecule has 3 aromatic carbocycles. The molecule has 2 heterocycles. The number of amides is 1. The normalized spacial score (nSPS) is 16.8. The van der Waals surface area contributed by atoms with Gasteiger partial charge in [-0.15, -0.1) is 10.2 Å². The van der Waals surface area contributed by atoms with Crippen LogP contribution in [0.1, 0.15) is 29.7 Å². The van der Waals surface area contributed by atoms with Crippen molar-refractivity contribution < 1.29 is 9.53 Å². The molecule has 0 radical (unpaired) electrons. The van der Waals surface area contributed by atoms with E-state index in [2.05, 4.69) is 27.9 Å². The molecule has 0 unspecified atom stereocenters. The number of aromatic nitrogens is 3. The molecular weight excluding hydrogens is 458 g/mol. The van der Waals surface area contributed by atoms with Crippen LogP contribution >= 0.6 is 11.8 Å². The third-order valence-corrected chi connectivity index (χ3v) is 7.27. The zero-order valence-corrected chi connectivity index (χ0v) is 20.7. The Hall–Kier alpha value is -3.78. The standard InChI is InChI=1S/C27H27N5O2S/c1-4-34-22-14-11-19(12-15-22)23-24(26(33)28-21-13-10-17(2)18(3)16-21)35-27-30-29-25(32(27)31-23)20-8-6-5-7-9-20/h5-16,23-24,31H,4H2,1-3H3,(H,28,33)/t23-,24+/m1/s1. The van der Waals surface area contributed by atoms with Crippen molar-refractivity contribution in [3.05, 3.63) is 89.5 Å². The lowest BCUT2D eigenvalue weighted by Crippen LogP contribution is -2.41. The Morgan fingerprint density at radius 3 is 2.51 bits per heavy atom. The van der Waals surface area contributed by atoms with Gasteiger partial charge in [0, 0.05) is 11.3 Å². The van der Waals surface area contributed by atoms with Crippen LogP contribution in [0.4, 0.5) is 5.69 Å². The van der Waals surface area contributed by atoms with E-state index in [1.165, 1.54) is 17.3 Å². The molecule has 2 atom stereocenters. The molecule has 0 saturated carbocycles. The molecular formula is C27H27N5O2S. The molecule has 2 N–H and O–H groups in total. The predicted molar refractivity (Wildman–Crippen MR) is 139 cm³/mol. The number of fused-ring (bicyclic) bond motifs is 1. The number of anilines is 1.